The first-order chi connectivity index (χ1) is 10.1. The minimum atomic E-state index is -0.362. The molecule has 4 nitrogen and oxygen atoms in total. The average molecular weight is 306 g/mol. The van der Waals surface area contributed by atoms with E-state index in [2.05, 4.69) is 0 Å². The number of rotatable bonds is 5. The molecular weight excluding hydrogens is 279 g/mol. The van der Waals surface area contributed by atoms with Crippen LogP contribution in [0.15, 0.2) is 24.3 Å². The van der Waals surface area contributed by atoms with Crippen molar-refractivity contribution in [3.63, 3.8) is 0 Å². The quantitative estimate of drug-likeness (QED) is 0.849. The van der Waals surface area contributed by atoms with Crippen LogP contribution in [0.2, 0.25) is 0 Å². The minimum Gasteiger partial charge on any atom is -0.491 e. The zero-order valence-electron chi connectivity index (χ0n) is 14.4. The fourth-order valence-corrected chi connectivity index (χ4v) is 2.44. The maximum atomic E-state index is 9.37. The number of hydrogen-bond donors (Lipinski definition) is 1. The van der Waals surface area contributed by atoms with Crippen LogP contribution in [0.1, 0.15) is 48.0 Å². The Morgan fingerprint density at radius 2 is 1.55 bits per heavy atom. The van der Waals surface area contributed by atoms with Gasteiger partial charge >= 0.3 is 7.12 Å². The highest BCUT2D eigenvalue weighted by molar-refractivity contribution is 6.62. The van der Waals surface area contributed by atoms with E-state index in [0.29, 0.717) is 6.42 Å². The van der Waals surface area contributed by atoms with Gasteiger partial charge in [0.25, 0.3) is 0 Å². The molecule has 2 atom stereocenters. The largest absolute Gasteiger partial charge is 0.494 e. The summed E-state index contributed by atoms with van der Waals surface area (Å²) < 4.78 is 17.8. The topological polar surface area (TPSA) is 47.9 Å². The van der Waals surface area contributed by atoms with Crippen LogP contribution in [0.5, 0.6) is 5.75 Å². The predicted molar refractivity (Wildman–Crippen MR) is 88.5 cm³/mol. The number of aliphatic hydroxyl groups excluding tert-OH is 1. The van der Waals surface area contributed by atoms with Gasteiger partial charge in [0.15, 0.2) is 0 Å². The van der Waals surface area contributed by atoms with Crippen molar-refractivity contribution in [1.82, 2.24) is 0 Å². The van der Waals surface area contributed by atoms with Crippen LogP contribution in [0.4, 0.5) is 0 Å². The summed E-state index contributed by atoms with van der Waals surface area (Å²) in [5, 5.41) is 9.37. The van der Waals surface area contributed by atoms with Gasteiger partial charge in [0.1, 0.15) is 5.75 Å². The predicted octanol–water partition coefficient (Wildman–Crippen LogP) is 2.52. The van der Waals surface area contributed by atoms with E-state index in [0.717, 1.165) is 11.2 Å². The summed E-state index contributed by atoms with van der Waals surface area (Å²) in [6, 6.07) is 7.76. The Kier molecular flexibility index (Phi) is 4.90. The third kappa shape index (κ3) is 3.83. The molecule has 2 unspecified atom stereocenters. The zero-order chi connectivity index (χ0) is 16.5. The van der Waals surface area contributed by atoms with Gasteiger partial charge in [0.05, 0.1) is 23.4 Å². The van der Waals surface area contributed by atoms with Gasteiger partial charge in [-0.3, -0.25) is 0 Å². The normalized spacial score (nSPS) is 22.4. The molecule has 1 aromatic carbocycles. The lowest BCUT2D eigenvalue weighted by Gasteiger charge is -2.32. The Morgan fingerprint density at radius 3 is 2.00 bits per heavy atom. The third-order valence-electron chi connectivity index (χ3n) is 4.42. The summed E-state index contributed by atoms with van der Waals surface area (Å²) in [5.41, 5.74) is 0.311. The molecule has 0 radical (unpaired) electrons. The summed E-state index contributed by atoms with van der Waals surface area (Å²) in [6.07, 6.45) is 0.223. The van der Waals surface area contributed by atoms with Gasteiger partial charge in [-0.1, -0.05) is 12.1 Å². The fourth-order valence-electron chi connectivity index (χ4n) is 2.44. The summed E-state index contributed by atoms with van der Waals surface area (Å²) in [4.78, 5) is 0. The Labute approximate surface area is 133 Å². The van der Waals surface area contributed by atoms with Crippen molar-refractivity contribution in [2.75, 3.05) is 0 Å². The van der Waals surface area contributed by atoms with Crippen molar-refractivity contribution in [2.24, 2.45) is 0 Å². The molecule has 5 heteroatoms. The average Bonchev–Trinajstić information content (AvgIpc) is 2.58. The first-order valence-corrected chi connectivity index (χ1v) is 7.91. The maximum absolute atomic E-state index is 9.37. The Balaban J connectivity index is 2.01. The molecule has 0 spiro atoms. The third-order valence-corrected chi connectivity index (χ3v) is 4.42. The smallest absolute Gasteiger partial charge is 0.491 e. The SMILES string of the molecule is CC(O)CC(C)Oc1ccc(B2OC(C)(C)C(C)(C)O2)cc1. The Bertz CT molecular complexity index is 480. The van der Waals surface area contributed by atoms with Crippen LogP contribution >= 0.6 is 0 Å². The summed E-state index contributed by atoms with van der Waals surface area (Å²) in [6.45, 7) is 11.9. The highest BCUT2D eigenvalue weighted by atomic mass is 16.7. The molecular formula is C17H27BO4. The van der Waals surface area contributed by atoms with E-state index in [-0.39, 0.29) is 30.5 Å². The van der Waals surface area contributed by atoms with E-state index in [1.807, 2.05) is 58.9 Å². The van der Waals surface area contributed by atoms with Gasteiger partial charge in [-0.25, -0.2) is 0 Å². The lowest BCUT2D eigenvalue weighted by molar-refractivity contribution is 0.00578. The molecule has 1 fully saturated rings. The van der Waals surface area contributed by atoms with E-state index in [4.69, 9.17) is 14.0 Å². The highest BCUT2D eigenvalue weighted by Crippen LogP contribution is 2.36. The molecule has 0 bridgehead atoms. The summed E-state index contributed by atoms with van der Waals surface area (Å²) >= 11 is 0. The van der Waals surface area contributed by atoms with E-state index >= 15 is 0 Å². The molecule has 2 rings (SSSR count). The second kappa shape index (κ2) is 6.22. The van der Waals surface area contributed by atoms with Gasteiger partial charge in [-0.05, 0) is 59.1 Å². The van der Waals surface area contributed by atoms with E-state index < -0.39 is 0 Å². The van der Waals surface area contributed by atoms with Crippen molar-refractivity contribution >= 4 is 12.6 Å². The molecule has 1 aromatic rings. The Morgan fingerprint density at radius 1 is 1.05 bits per heavy atom. The second-order valence-corrected chi connectivity index (χ2v) is 7.17. The summed E-state index contributed by atoms with van der Waals surface area (Å²) in [7, 11) is -0.353. The van der Waals surface area contributed by atoms with Gasteiger partial charge in [0, 0.05) is 6.42 Å². The highest BCUT2D eigenvalue weighted by Gasteiger charge is 2.51. The molecule has 0 aliphatic carbocycles. The number of hydrogen-bond acceptors (Lipinski definition) is 4. The number of ether oxygens (including phenoxy) is 1. The fraction of sp³-hybridized carbons (Fsp3) is 0.647. The molecule has 1 saturated heterocycles. The molecule has 1 aliphatic heterocycles. The van der Waals surface area contributed by atoms with Crippen LogP contribution in [0.25, 0.3) is 0 Å². The van der Waals surface area contributed by atoms with Gasteiger partial charge in [-0.2, -0.15) is 0 Å². The molecule has 1 aliphatic rings. The van der Waals surface area contributed by atoms with Crippen molar-refractivity contribution in [2.45, 2.75) is 71.4 Å². The van der Waals surface area contributed by atoms with Crippen LogP contribution in [0.3, 0.4) is 0 Å². The molecule has 0 saturated carbocycles. The lowest BCUT2D eigenvalue weighted by atomic mass is 9.79. The monoisotopic (exact) mass is 306 g/mol. The van der Waals surface area contributed by atoms with Crippen LogP contribution in [-0.2, 0) is 9.31 Å². The molecule has 0 amide bonds. The molecule has 0 aromatic heterocycles. The lowest BCUT2D eigenvalue weighted by Crippen LogP contribution is -2.41. The van der Waals surface area contributed by atoms with Crippen molar-refractivity contribution < 1.29 is 19.2 Å². The standard InChI is InChI=1S/C17H27BO4/c1-12(19)11-13(2)20-15-9-7-14(8-10-15)18-21-16(3,4)17(5,6)22-18/h7-10,12-13,19H,11H2,1-6H3. The van der Waals surface area contributed by atoms with Gasteiger partial charge < -0.3 is 19.2 Å². The first-order valence-electron chi connectivity index (χ1n) is 7.91. The van der Waals surface area contributed by atoms with Crippen LogP contribution in [0, 0.1) is 0 Å². The number of benzene rings is 1. The molecule has 122 valence electrons. The van der Waals surface area contributed by atoms with Gasteiger partial charge in [0.2, 0.25) is 0 Å². The zero-order valence-corrected chi connectivity index (χ0v) is 14.4. The van der Waals surface area contributed by atoms with E-state index in [1.165, 1.54) is 0 Å². The van der Waals surface area contributed by atoms with Crippen LogP contribution < -0.4 is 10.2 Å². The van der Waals surface area contributed by atoms with E-state index in [1.54, 1.807) is 6.92 Å². The summed E-state index contributed by atoms with van der Waals surface area (Å²) in [5.74, 6) is 0.786. The molecule has 1 heterocycles. The first kappa shape index (κ1) is 17.3. The number of aliphatic hydroxyl groups is 1. The van der Waals surface area contributed by atoms with Crippen molar-refractivity contribution in [3.05, 3.63) is 24.3 Å². The van der Waals surface area contributed by atoms with Gasteiger partial charge in [-0.15, -0.1) is 0 Å². The second-order valence-electron chi connectivity index (χ2n) is 7.17. The van der Waals surface area contributed by atoms with Crippen molar-refractivity contribution in [3.8, 4) is 5.75 Å². The van der Waals surface area contributed by atoms with Crippen molar-refractivity contribution in [1.29, 1.82) is 0 Å². The minimum absolute atomic E-state index is 0.0253. The molecule has 22 heavy (non-hydrogen) atoms. The molecule has 1 N–H and O–H groups in total. The Hall–Kier alpha value is -1.04. The maximum Gasteiger partial charge on any atom is 0.494 e. The van der Waals surface area contributed by atoms with Crippen LogP contribution in [-0.4, -0.2) is 35.6 Å². The van der Waals surface area contributed by atoms with E-state index in [9.17, 15) is 5.11 Å².